The van der Waals surface area contributed by atoms with Gasteiger partial charge in [0, 0.05) is 30.7 Å². The molecule has 0 bridgehead atoms. The Kier molecular flexibility index (Phi) is 10.6. The van der Waals surface area contributed by atoms with Gasteiger partial charge >= 0.3 is 5.97 Å². The van der Waals surface area contributed by atoms with Gasteiger partial charge in [0.15, 0.2) is 5.12 Å². The van der Waals surface area contributed by atoms with Crippen molar-refractivity contribution in [2.45, 2.75) is 78.2 Å². The molecule has 3 aromatic rings. The Hall–Kier alpha value is -2.15. The van der Waals surface area contributed by atoms with Crippen LogP contribution >= 0.6 is 35.3 Å². The molecule has 0 unspecified atom stereocenters. The van der Waals surface area contributed by atoms with Crippen LogP contribution in [0.3, 0.4) is 0 Å². The number of carbonyl (C=O) groups is 2. The number of rotatable bonds is 10. The zero-order valence-corrected chi connectivity index (χ0v) is 24.1. The van der Waals surface area contributed by atoms with Crippen molar-refractivity contribution in [1.82, 2.24) is 0 Å². The molecule has 3 nitrogen and oxygen atoms in total. The first-order valence-corrected chi connectivity index (χ1v) is 14.6. The summed E-state index contributed by atoms with van der Waals surface area (Å²) in [6.45, 7) is 11.1. The number of hydrogen-bond acceptors (Lipinski definition) is 6. The number of esters is 1. The second-order valence-corrected chi connectivity index (χ2v) is 13.7. The molecule has 0 atom stereocenters. The van der Waals surface area contributed by atoms with E-state index in [9.17, 15) is 9.59 Å². The third-order valence-electron chi connectivity index (χ3n) is 5.10. The van der Waals surface area contributed by atoms with Gasteiger partial charge in [-0.05, 0) is 78.6 Å². The zero-order valence-electron chi connectivity index (χ0n) is 21.6. The van der Waals surface area contributed by atoms with E-state index in [1.54, 1.807) is 11.8 Å². The second kappa shape index (κ2) is 13.4. The van der Waals surface area contributed by atoms with Crippen LogP contribution in [0.15, 0.2) is 86.3 Å². The molecule has 0 amide bonds. The number of carbonyl (C=O) groups excluding carboxylic acids is 2. The van der Waals surface area contributed by atoms with Crippen molar-refractivity contribution in [3.63, 3.8) is 0 Å². The minimum atomic E-state index is -0.231. The first-order chi connectivity index (χ1) is 17.1. The van der Waals surface area contributed by atoms with Crippen molar-refractivity contribution >= 4 is 46.4 Å². The van der Waals surface area contributed by atoms with Crippen LogP contribution in [0.5, 0.6) is 0 Å². The molecule has 0 aliphatic heterocycles. The summed E-state index contributed by atoms with van der Waals surface area (Å²) < 4.78 is 5.38. The smallest absolute Gasteiger partial charge is 0.310 e. The highest BCUT2D eigenvalue weighted by molar-refractivity contribution is 8.13. The van der Waals surface area contributed by atoms with Crippen molar-refractivity contribution in [2.75, 3.05) is 6.61 Å². The summed E-state index contributed by atoms with van der Waals surface area (Å²) in [6, 6.07) is 22.6. The van der Waals surface area contributed by atoms with Crippen molar-refractivity contribution in [1.29, 1.82) is 0 Å². The summed E-state index contributed by atoms with van der Waals surface area (Å²) in [4.78, 5) is 29.3. The first kappa shape index (κ1) is 28.4. The van der Waals surface area contributed by atoms with E-state index in [-0.39, 0.29) is 22.3 Å². The molecule has 190 valence electrons. The molecular weight excluding hydrogens is 505 g/mol. The predicted molar refractivity (Wildman–Crippen MR) is 153 cm³/mol. The van der Waals surface area contributed by atoms with Crippen LogP contribution in [0, 0.1) is 6.92 Å². The number of benzene rings is 3. The SMILES string of the molecule is CCCOC(=O)Cc1ccc(C)c(CC(=O)Sc2ccc(Sc3ccc(SC(C)(C)C)cc3)cc2)c1. The topological polar surface area (TPSA) is 43.4 Å². The lowest BCUT2D eigenvalue weighted by Gasteiger charge is -2.17. The Morgan fingerprint density at radius 1 is 0.806 bits per heavy atom. The van der Waals surface area contributed by atoms with Crippen molar-refractivity contribution in [3.05, 3.63) is 83.4 Å². The Balaban J connectivity index is 1.55. The van der Waals surface area contributed by atoms with Crippen LogP contribution in [-0.2, 0) is 27.2 Å². The lowest BCUT2D eigenvalue weighted by Crippen LogP contribution is -2.09. The summed E-state index contributed by atoms with van der Waals surface area (Å²) in [7, 11) is 0. The maximum absolute atomic E-state index is 12.8. The van der Waals surface area contributed by atoms with Crippen LogP contribution in [-0.4, -0.2) is 22.4 Å². The van der Waals surface area contributed by atoms with Crippen LogP contribution in [0.2, 0.25) is 0 Å². The monoisotopic (exact) mass is 538 g/mol. The minimum Gasteiger partial charge on any atom is -0.465 e. The Labute approximate surface area is 228 Å². The summed E-state index contributed by atoms with van der Waals surface area (Å²) in [6.07, 6.45) is 1.36. The molecule has 6 heteroatoms. The molecule has 0 heterocycles. The van der Waals surface area contributed by atoms with Crippen LogP contribution in [0.4, 0.5) is 0 Å². The fourth-order valence-electron chi connectivity index (χ4n) is 3.42. The lowest BCUT2D eigenvalue weighted by molar-refractivity contribution is -0.142. The average molecular weight is 539 g/mol. The van der Waals surface area contributed by atoms with Gasteiger partial charge in [-0.25, -0.2) is 0 Å². The number of aryl methyl sites for hydroxylation is 1. The maximum Gasteiger partial charge on any atom is 0.310 e. The summed E-state index contributed by atoms with van der Waals surface area (Å²) >= 11 is 4.84. The summed E-state index contributed by atoms with van der Waals surface area (Å²) in [5, 5.41) is 0.0798. The first-order valence-electron chi connectivity index (χ1n) is 12.1. The van der Waals surface area contributed by atoms with E-state index in [2.05, 4.69) is 57.2 Å². The number of thioether (sulfide) groups is 2. The van der Waals surface area contributed by atoms with Gasteiger partial charge in [-0.15, -0.1) is 11.8 Å². The molecule has 0 radical (unpaired) electrons. The molecule has 0 saturated heterocycles. The van der Waals surface area contributed by atoms with Gasteiger partial charge in [0.2, 0.25) is 0 Å². The molecule has 0 N–H and O–H groups in total. The normalized spacial score (nSPS) is 11.4. The Morgan fingerprint density at radius 3 is 1.97 bits per heavy atom. The van der Waals surface area contributed by atoms with E-state index in [1.165, 1.54) is 21.6 Å². The van der Waals surface area contributed by atoms with Crippen molar-refractivity contribution in [2.24, 2.45) is 0 Å². The molecule has 0 aromatic heterocycles. The molecular formula is C30H34O3S3. The van der Waals surface area contributed by atoms with Gasteiger partial charge in [-0.1, -0.05) is 69.4 Å². The van der Waals surface area contributed by atoms with E-state index in [4.69, 9.17) is 4.74 Å². The molecule has 0 aliphatic carbocycles. The van der Waals surface area contributed by atoms with Gasteiger partial charge in [0.25, 0.3) is 0 Å². The molecule has 36 heavy (non-hydrogen) atoms. The molecule has 0 spiro atoms. The van der Waals surface area contributed by atoms with Crippen molar-refractivity contribution in [3.8, 4) is 0 Å². The quantitative estimate of drug-likeness (QED) is 0.191. The Morgan fingerprint density at radius 2 is 1.39 bits per heavy atom. The largest absolute Gasteiger partial charge is 0.465 e. The zero-order chi connectivity index (χ0) is 26.1. The highest BCUT2D eigenvalue weighted by Gasteiger charge is 2.13. The van der Waals surface area contributed by atoms with Gasteiger partial charge in [-0.3, -0.25) is 9.59 Å². The predicted octanol–water partition coefficient (Wildman–Crippen LogP) is 8.39. The number of hydrogen-bond donors (Lipinski definition) is 0. The van der Waals surface area contributed by atoms with Crippen LogP contribution in [0.25, 0.3) is 0 Å². The molecule has 0 saturated carbocycles. The highest BCUT2D eigenvalue weighted by atomic mass is 32.2. The Bertz CT molecular complexity index is 1160. The molecule has 0 fully saturated rings. The average Bonchev–Trinajstić information content (AvgIpc) is 2.81. The maximum atomic E-state index is 12.8. The third-order valence-corrected chi connectivity index (χ3v) is 8.12. The number of ether oxygens (including phenoxy) is 1. The van der Waals surface area contributed by atoms with Crippen molar-refractivity contribution < 1.29 is 14.3 Å². The van der Waals surface area contributed by atoms with Gasteiger partial charge in [0.1, 0.15) is 0 Å². The van der Waals surface area contributed by atoms with Crippen LogP contribution in [0.1, 0.15) is 50.8 Å². The van der Waals surface area contributed by atoms with E-state index in [1.807, 2.05) is 55.9 Å². The molecule has 0 aliphatic rings. The highest BCUT2D eigenvalue weighted by Crippen LogP contribution is 2.35. The van der Waals surface area contributed by atoms with Gasteiger partial charge in [0.05, 0.1) is 13.0 Å². The van der Waals surface area contributed by atoms with Gasteiger partial charge in [-0.2, -0.15) is 0 Å². The van der Waals surface area contributed by atoms with Gasteiger partial charge < -0.3 is 4.74 Å². The second-order valence-electron chi connectivity index (χ2n) is 9.57. The fraction of sp³-hybridized carbons (Fsp3) is 0.333. The standard InChI is InChI=1S/C30H34O3S3/c1-6-17-33-28(31)19-22-8-7-21(2)23(18-22)20-29(32)35-26-11-9-24(10-12-26)34-25-13-15-27(16-14-25)36-30(3,4)5/h7-16,18H,6,17,19-20H2,1-5H3. The van der Waals surface area contributed by atoms with Crippen LogP contribution < -0.4 is 0 Å². The molecule has 3 aromatic carbocycles. The lowest BCUT2D eigenvalue weighted by atomic mass is 10.0. The van der Waals surface area contributed by atoms with E-state index in [0.29, 0.717) is 13.0 Å². The van der Waals surface area contributed by atoms with E-state index < -0.39 is 0 Å². The fourth-order valence-corrected chi connectivity index (χ4v) is 5.98. The molecule has 3 rings (SSSR count). The summed E-state index contributed by atoms with van der Waals surface area (Å²) in [5.41, 5.74) is 2.88. The van der Waals surface area contributed by atoms with E-state index in [0.717, 1.165) is 32.9 Å². The minimum absolute atomic E-state index is 0.0798. The third kappa shape index (κ3) is 9.72. The summed E-state index contributed by atoms with van der Waals surface area (Å²) in [5.74, 6) is -0.231. The van der Waals surface area contributed by atoms with E-state index >= 15 is 0 Å².